The van der Waals surface area contributed by atoms with Crippen LogP contribution in [0.3, 0.4) is 0 Å². The summed E-state index contributed by atoms with van der Waals surface area (Å²) in [6.07, 6.45) is 0.997. The van der Waals surface area contributed by atoms with Crippen molar-refractivity contribution < 1.29 is 22.0 Å². The molecule has 6 nitrogen and oxygen atoms in total. The van der Waals surface area contributed by atoms with Gasteiger partial charge in [0.1, 0.15) is 28.7 Å². The lowest BCUT2D eigenvalue weighted by molar-refractivity contribution is -0.141. The number of nitrogens with one attached hydrogen (secondary N) is 1. The quantitative estimate of drug-likeness (QED) is 0.449. The Hall–Kier alpha value is -3.76. The predicted molar refractivity (Wildman–Crippen MR) is 104 cm³/mol. The van der Waals surface area contributed by atoms with Crippen molar-refractivity contribution in [3.05, 3.63) is 77.8 Å². The highest BCUT2D eigenvalue weighted by molar-refractivity contribution is 5.59. The highest BCUT2D eigenvalue weighted by atomic mass is 19.4. The van der Waals surface area contributed by atoms with E-state index in [1.807, 2.05) is 5.10 Å². The van der Waals surface area contributed by atoms with Crippen molar-refractivity contribution in [2.75, 3.05) is 0 Å². The second kappa shape index (κ2) is 7.74. The molecule has 3 aromatic heterocycles. The van der Waals surface area contributed by atoms with E-state index in [4.69, 9.17) is 0 Å². The summed E-state index contributed by atoms with van der Waals surface area (Å²) in [6.45, 7) is 3.53. The van der Waals surface area contributed by atoms with Crippen LogP contribution < -0.4 is 0 Å². The highest BCUT2D eigenvalue weighted by Gasteiger charge is 2.34. The van der Waals surface area contributed by atoms with Crippen LogP contribution in [-0.2, 0) is 11.6 Å². The molecule has 0 fully saturated rings. The minimum absolute atomic E-state index is 0.0179. The Kier molecular flexibility index (Phi) is 5.19. The van der Waals surface area contributed by atoms with Crippen molar-refractivity contribution in [2.24, 2.45) is 0 Å². The zero-order valence-electron chi connectivity index (χ0n) is 16.7. The Balaban J connectivity index is 1.71. The molecule has 0 radical (unpaired) electrons. The number of hydrogen-bond acceptors (Lipinski definition) is 5. The molecule has 1 N–H and O–H groups in total. The summed E-state index contributed by atoms with van der Waals surface area (Å²) in [5.41, 5.74) is -0.718. The lowest BCUT2D eigenvalue weighted by Crippen LogP contribution is -2.23. The number of nitrogens with zero attached hydrogens (tertiary/aromatic N) is 5. The number of alkyl halides is 3. The first kappa shape index (κ1) is 21.5. The van der Waals surface area contributed by atoms with Crippen molar-refractivity contribution in [1.29, 1.82) is 0 Å². The summed E-state index contributed by atoms with van der Waals surface area (Å²) in [5.74, 6) is -1.50. The van der Waals surface area contributed by atoms with Gasteiger partial charge in [-0.3, -0.25) is 15.1 Å². The minimum atomic E-state index is -4.57. The molecular weight excluding hydrogens is 431 g/mol. The summed E-state index contributed by atoms with van der Waals surface area (Å²) < 4.78 is 66.0. The third-order valence-corrected chi connectivity index (χ3v) is 4.90. The molecule has 0 aliphatic carbocycles. The number of H-pyrrole nitrogens is 1. The topological polar surface area (TPSA) is 80.2 Å². The monoisotopic (exact) mass is 446 g/mol. The van der Waals surface area contributed by atoms with E-state index in [0.29, 0.717) is 11.4 Å². The number of aromatic amines is 1. The Morgan fingerprint density at radius 2 is 1.41 bits per heavy atom. The van der Waals surface area contributed by atoms with Gasteiger partial charge in [0, 0.05) is 24.0 Å². The van der Waals surface area contributed by atoms with Crippen molar-refractivity contribution in [3.8, 4) is 22.6 Å². The van der Waals surface area contributed by atoms with Crippen molar-refractivity contribution >= 4 is 0 Å². The molecule has 0 bridgehead atoms. The zero-order chi connectivity index (χ0) is 23.1. The van der Waals surface area contributed by atoms with Crippen LogP contribution in [0.15, 0.2) is 49.1 Å². The predicted octanol–water partition coefficient (Wildman–Crippen LogP) is 4.95. The van der Waals surface area contributed by atoms with Gasteiger partial charge in [-0.2, -0.15) is 18.3 Å². The average molecular weight is 446 g/mol. The molecule has 3 heterocycles. The largest absolute Gasteiger partial charge is 0.432 e. The normalized spacial score (nSPS) is 12.2. The van der Waals surface area contributed by atoms with Gasteiger partial charge in [-0.1, -0.05) is 0 Å². The third-order valence-electron chi connectivity index (χ3n) is 4.90. The van der Waals surface area contributed by atoms with Crippen LogP contribution in [0.1, 0.15) is 30.9 Å². The van der Waals surface area contributed by atoms with E-state index in [9.17, 15) is 22.0 Å². The maximum absolute atomic E-state index is 14.2. The van der Waals surface area contributed by atoms with Gasteiger partial charge in [-0.15, -0.1) is 0 Å². The fourth-order valence-electron chi connectivity index (χ4n) is 3.01. The Morgan fingerprint density at radius 3 is 2.00 bits per heavy atom. The minimum Gasteiger partial charge on any atom is -0.273 e. The van der Waals surface area contributed by atoms with Crippen molar-refractivity contribution in [3.63, 3.8) is 0 Å². The van der Waals surface area contributed by atoms with Crippen LogP contribution >= 0.6 is 0 Å². The van der Waals surface area contributed by atoms with Crippen LogP contribution in [0.4, 0.5) is 22.0 Å². The van der Waals surface area contributed by atoms with Crippen LogP contribution in [0.25, 0.3) is 22.6 Å². The second-order valence-corrected chi connectivity index (χ2v) is 7.49. The Morgan fingerprint density at radius 1 is 0.781 bits per heavy atom. The van der Waals surface area contributed by atoms with E-state index >= 15 is 0 Å². The van der Waals surface area contributed by atoms with Gasteiger partial charge in [0.2, 0.25) is 0 Å². The molecule has 4 rings (SSSR count). The maximum Gasteiger partial charge on any atom is 0.432 e. The standard InChI is InChI=1S/C21H15F5N6/c1-20(2,18-9-27-7-15(29-18)12-4-3-11(22)5-13(12)23)19-10-28-8-16(30-19)14-6-17(32-31-14)21(24,25)26/h3-10H,1-2H3,(H,31,32). The fourth-order valence-corrected chi connectivity index (χ4v) is 3.01. The molecule has 0 unspecified atom stereocenters. The first-order valence-corrected chi connectivity index (χ1v) is 9.29. The van der Waals surface area contributed by atoms with E-state index in [0.717, 1.165) is 18.2 Å². The van der Waals surface area contributed by atoms with E-state index < -0.39 is 28.9 Å². The molecule has 0 saturated heterocycles. The molecule has 0 aliphatic heterocycles. The second-order valence-electron chi connectivity index (χ2n) is 7.49. The third kappa shape index (κ3) is 4.05. The summed E-state index contributed by atoms with van der Waals surface area (Å²) in [4.78, 5) is 17.1. The molecule has 0 spiro atoms. The molecule has 32 heavy (non-hydrogen) atoms. The highest BCUT2D eigenvalue weighted by Crippen LogP contribution is 2.33. The lowest BCUT2D eigenvalue weighted by Gasteiger charge is -2.23. The summed E-state index contributed by atoms with van der Waals surface area (Å²) >= 11 is 0. The molecular formula is C21H15F5N6. The maximum atomic E-state index is 14.2. The number of aromatic nitrogens is 6. The Labute approximate surface area is 178 Å². The average Bonchev–Trinajstić information content (AvgIpc) is 3.25. The van der Waals surface area contributed by atoms with Gasteiger partial charge in [-0.25, -0.2) is 18.7 Å². The van der Waals surface area contributed by atoms with Crippen LogP contribution in [-0.4, -0.2) is 30.1 Å². The SMILES string of the molecule is CC(C)(c1cncc(-c2cc(C(F)(F)F)[nH]n2)n1)c1cncc(-c2ccc(F)cc2F)n1. The molecule has 0 saturated carbocycles. The number of hydrogen-bond donors (Lipinski definition) is 1. The molecule has 11 heteroatoms. The number of benzene rings is 1. The van der Waals surface area contributed by atoms with Gasteiger partial charge >= 0.3 is 6.18 Å². The van der Waals surface area contributed by atoms with Crippen LogP contribution in [0.5, 0.6) is 0 Å². The van der Waals surface area contributed by atoms with Crippen LogP contribution in [0, 0.1) is 11.6 Å². The van der Waals surface area contributed by atoms with E-state index in [-0.39, 0.29) is 22.6 Å². The fraction of sp³-hybridized carbons (Fsp3) is 0.190. The Bertz CT molecular complexity index is 1280. The molecule has 0 aliphatic rings. The summed E-state index contributed by atoms with van der Waals surface area (Å²) in [5, 5.41) is 5.61. The number of halogens is 5. The van der Waals surface area contributed by atoms with Crippen LogP contribution in [0.2, 0.25) is 0 Å². The molecule has 0 amide bonds. The molecule has 1 aromatic carbocycles. The zero-order valence-corrected chi connectivity index (χ0v) is 16.7. The van der Waals surface area contributed by atoms with Gasteiger partial charge < -0.3 is 0 Å². The first-order chi connectivity index (χ1) is 15.1. The van der Waals surface area contributed by atoms with Gasteiger partial charge in [0.05, 0.1) is 34.9 Å². The molecule has 164 valence electrons. The smallest absolute Gasteiger partial charge is 0.273 e. The summed E-state index contributed by atoms with van der Waals surface area (Å²) in [7, 11) is 0. The summed E-state index contributed by atoms with van der Waals surface area (Å²) in [6, 6.07) is 3.98. The molecule has 0 atom stereocenters. The van der Waals surface area contributed by atoms with Gasteiger partial charge in [0.25, 0.3) is 0 Å². The van der Waals surface area contributed by atoms with Gasteiger partial charge in [-0.05, 0) is 32.0 Å². The molecule has 4 aromatic rings. The van der Waals surface area contributed by atoms with E-state index in [1.54, 1.807) is 13.8 Å². The number of rotatable bonds is 4. The lowest BCUT2D eigenvalue weighted by atomic mass is 9.85. The van der Waals surface area contributed by atoms with Crippen molar-refractivity contribution in [1.82, 2.24) is 30.1 Å². The van der Waals surface area contributed by atoms with E-state index in [2.05, 4.69) is 25.0 Å². The van der Waals surface area contributed by atoms with Gasteiger partial charge in [0.15, 0.2) is 0 Å². The van der Waals surface area contributed by atoms with Crippen molar-refractivity contribution in [2.45, 2.75) is 25.4 Å². The van der Waals surface area contributed by atoms with E-state index in [1.165, 1.54) is 30.9 Å². The first-order valence-electron chi connectivity index (χ1n) is 9.29.